The number of fused-ring (bicyclic) bond motifs is 5. The van der Waals surface area contributed by atoms with Gasteiger partial charge in [0.25, 0.3) is 5.91 Å². The van der Waals surface area contributed by atoms with Crippen molar-refractivity contribution in [1.29, 1.82) is 0 Å². The van der Waals surface area contributed by atoms with Crippen molar-refractivity contribution in [2.75, 3.05) is 19.5 Å². The SMILES string of the molecule is C[C@@H]1C[C@H](NS(C)(=O)=O)[C@@H]2COC3CCC(CC3)c3ccccc3OCC(=O)N12. The summed E-state index contributed by atoms with van der Waals surface area (Å²) in [6.07, 6.45) is 5.83. The molecule has 1 aromatic rings. The quantitative estimate of drug-likeness (QED) is 0.788. The Kier molecular flexibility index (Phi) is 5.86. The Morgan fingerprint density at radius 1 is 1.14 bits per heavy atom. The van der Waals surface area contributed by atoms with Crippen molar-refractivity contribution < 1.29 is 22.7 Å². The van der Waals surface area contributed by atoms with Crippen LogP contribution in [0.25, 0.3) is 0 Å². The predicted molar refractivity (Wildman–Crippen MR) is 109 cm³/mol. The second-order valence-corrected chi connectivity index (χ2v) is 10.4. The Labute approximate surface area is 172 Å². The van der Waals surface area contributed by atoms with E-state index in [-0.39, 0.29) is 36.7 Å². The summed E-state index contributed by atoms with van der Waals surface area (Å²) in [6, 6.07) is 7.22. The van der Waals surface area contributed by atoms with E-state index in [0.29, 0.717) is 18.9 Å². The van der Waals surface area contributed by atoms with Gasteiger partial charge in [0, 0.05) is 12.1 Å². The summed E-state index contributed by atoms with van der Waals surface area (Å²) >= 11 is 0. The lowest BCUT2D eigenvalue weighted by atomic mass is 9.82. The molecule has 0 radical (unpaired) electrons. The van der Waals surface area contributed by atoms with Crippen molar-refractivity contribution >= 4 is 15.9 Å². The highest BCUT2D eigenvalue weighted by Crippen LogP contribution is 2.39. The first-order valence-electron chi connectivity index (χ1n) is 10.4. The van der Waals surface area contributed by atoms with Crippen LogP contribution >= 0.6 is 0 Å². The van der Waals surface area contributed by atoms with E-state index in [9.17, 15) is 13.2 Å². The molecule has 0 unspecified atom stereocenters. The number of hydrogen-bond donors (Lipinski definition) is 1. The first-order valence-corrected chi connectivity index (χ1v) is 12.3. The molecule has 1 saturated heterocycles. The van der Waals surface area contributed by atoms with Crippen LogP contribution in [0.1, 0.15) is 50.5 Å². The van der Waals surface area contributed by atoms with Gasteiger partial charge in [-0.15, -0.1) is 0 Å². The molecule has 2 bridgehead atoms. The summed E-state index contributed by atoms with van der Waals surface area (Å²) < 4.78 is 38.6. The van der Waals surface area contributed by atoms with Gasteiger partial charge in [-0.25, -0.2) is 13.1 Å². The molecule has 1 saturated carbocycles. The van der Waals surface area contributed by atoms with Crippen molar-refractivity contribution in [2.45, 2.75) is 69.2 Å². The number of rotatable bonds is 2. The number of ether oxygens (including phenoxy) is 2. The molecule has 7 nitrogen and oxygen atoms in total. The lowest BCUT2D eigenvalue weighted by Crippen LogP contribution is -2.51. The largest absolute Gasteiger partial charge is 0.483 e. The third kappa shape index (κ3) is 4.59. The van der Waals surface area contributed by atoms with Crippen LogP contribution in [0.5, 0.6) is 5.75 Å². The molecule has 5 rings (SSSR count). The smallest absolute Gasteiger partial charge is 0.261 e. The molecule has 8 heteroatoms. The Morgan fingerprint density at radius 3 is 2.59 bits per heavy atom. The number of benzene rings is 1. The zero-order valence-electron chi connectivity index (χ0n) is 17.0. The standard InChI is InChI=1S/C21H30N2O5S/c1-14-11-18(22-29(2,25)26)19-12-27-16-9-7-15(8-10-16)17-5-3-4-6-20(17)28-13-21(24)23(14)19/h3-6,14-16,18-19,22H,7-13H2,1-2H3/t14-,15?,16?,18+,19+/m1/s1. The minimum Gasteiger partial charge on any atom is -0.483 e. The van der Waals surface area contributed by atoms with Crippen molar-refractivity contribution in [3.63, 3.8) is 0 Å². The monoisotopic (exact) mass is 422 g/mol. The molecule has 1 aromatic carbocycles. The number of nitrogens with zero attached hydrogens (tertiary/aromatic N) is 1. The van der Waals surface area contributed by atoms with E-state index in [0.717, 1.165) is 37.7 Å². The number of carbonyl (C=O) groups is 1. The van der Waals surface area contributed by atoms with Crippen LogP contribution in [0.15, 0.2) is 24.3 Å². The van der Waals surface area contributed by atoms with E-state index in [1.54, 1.807) is 4.90 Å². The summed E-state index contributed by atoms with van der Waals surface area (Å²) in [5, 5.41) is 0. The average molecular weight is 423 g/mol. The lowest BCUT2D eigenvalue weighted by molar-refractivity contribution is -0.138. The molecule has 0 spiro atoms. The predicted octanol–water partition coefficient (Wildman–Crippen LogP) is 2.03. The third-order valence-corrected chi connectivity index (χ3v) is 7.16. The van der Waals surface area contributed by atoms with Gasteiger partial charge in [-0.05, 0) is 56.6 Å². The van der Waals surface area contributed by atoms with E-state index in [4.69, 9.17) is 9.47 Å². The van der Waals surface area contributed by atoms with Gasteiger partial charge < -0.3 is 14.4 Å². The topological polar surface area (TPSA) is 84.9 Å². The maximum Gasteiger partial charge on any atom is 0.261 e. The van der Waals surface area contributed by atoms with Crippen molar-refractivity contribution in [2.24, 2.45) is 0 Å². The summed E-state index contributed by atoms with van der Waals surface area (Å²) in [5.74, 6) is 1.06. The summed E-state index contributed by atoms with van der Waals surface area (Å²) in [5.41, 5.74) is 1.17. The maximum absolute atomic E-state index is 13.1. The third-order valence-electron chi connectivity index (χ3n) is 6.43. The fourth-order valence-corrected chi connectivity index (χ4v) is 5.93. The fourth-order valence-electron chi connectivity index (χ4n) is 5.13. The van der Waals surface area contributed by atoms with Crippen LogP contribution < -0.4 is 9.46 Å². The highest BCUT2D eigenvalue weighted by molar-refractivity contribution is 7.88. The molecule has 3 aliphatic heterocycles. The molecular formula is C21H30N2O5S. The maximum atomic E-state index is 13.1. The molecular weight excluding hydrogens is 392 g/mol. The number of sulfonamides is 1. The normalized spacial score (nSPS) is 33.1. The molecule has 0 aromatic heterocycles. The van der Waals surface area contributed by atoms with Gasteiger partial charge in [-0.1, -0.05) is 18.2 Å². The molecule has 1 N–H and O–H groups in total. The van der Waals surface area contributed by atoms with Crippen molar-refractivity contribution in [3.8, 4) is 5.75 Å². The van der Waals surface area contributed by atoms with Crippen LogP contribution in [0.2, 0.25) is 0 Å². The number of hydrogen-bond acceptors (Lipinski definition) is 5. The van der Waals surface area contributed by atoms with Gasteiger partial charge in [-0.2, -0.15) is 0 Å². The highest BCUT2D eigenvalue weighted by Gasteiger charge is 2.43. The van der Waals surface area contributed by atoms with Crippen LogP contribution in [-0.4, -0.2) is 62.9 Å². The molecule has 29 heavy (non-hydrogen) atoms. The number of para-hydroxylation sites is 1. The Morgan fingerprint density at radius 2 is 1.86 bits per heavy atom. The van der Waals surface area contributed by atoms with Crippen LogP contribution in [-0.2, 0) is 19.6 Å². The van der Waals surface area contributed by atoms with E-state index in [1.807, 2.05) is 25.1 Å². The van der Waals surface area contributed by atoms with E-state index < -0.39 is 10.0 Å². The average Bonchev–Trinajstić information content (AvgIpc) is 2.98. The van der Waals surface area contributed by atoms with Gasteiger partial charge in [0.1, 0.15) is 5.75 Å². The highest BCUT2D eigenvalue weighted by atomic mass is 32.2. The Hall–Kier alpha value is -1.64. The second-order valence-electron chi connectivity index (χ2n) is 8.58. The fraction of sp³-hybridized carbons (Fsp3) is 0.667. The molecule has 4 aliphatic rings. The van der Waals surface area contributed by atoms with Gasteiger partial charge >= 0.3 is 0 Å². The number of amides is 1. The first kappa shape index (κ1) is 20.6. The Bertz CT molecular complexity index is 850. The van der Waals surface area contributed by atoms with Crippen LogP contribution in [0.3, 0.4) is 0 Å². The minimum absolute atomic E-state index is 0.0560. The molecule has 2 fully saturated rings. The molecule has 3 heterocycles. The number of nitrogens with one attached hydrogen (secondary N) is 1. The van der Waals surface area contributed by atoms with Crippen molar-refractivity contribution in [3.05, 3.63) is 29.8 Å². The second kappa shape index (κ2) is 8.24. The van der Waals surface area contributed by atoms with Crippen LogP contribution in [0, 0.1) is 0 Å². The van der Waals surface area contributed by atoms with Gasteiger partial charge in [0.2, 0.25) is 10.0 Å². The molecule has 1 amide bonds. The van der Waals surface area contributed by atoms with Gasteiger partial charge in [0.05, 0.1) is 25.0 Å². The number of carbonyl (C=O) groups excluding carboxylic acids is 1. The molecule has 160 valence electrons. The lowest BCUT2D eigenvalue weighted by Gasteiger charge is -2.33. The van der Waals surface area contributed by atoms with E-state index in [2.05, 4.69) is 10.8 Å². The zero-order chi connectivity index (χ0) is 20.6. The summed E-state index contributed by atoms with van der Waals surface area (Å²) in [6.45, 7) is 2.23. The van der Waals surface area contributed by atoms with Gasteiger partial charge in [0.15, 0.2) is 6.61 Å². The molecule has 1 aliphatic carbocycles. The van der Waals surface area contributed by atoms with E-state index >= 15 is 0 Å². The Balaban J connectivity index is 1.62. The van der Waals surface area contributed by atoms with Gasteiger partial charge in [-0.3, -0.25) is 4.79 Å². The zero-order valence-corrected chi connectivity index (χ0v) is 17.9. The minimum atomic E-state index is -3.38. The van der Waals surface area contributed by atoms with Crippen molar-refractivity contribution in [1.82, 2.24) is 9.62 Å². The van der Waals surface area contributed by atoms with E-state index in [1.165, 1.54) is 5.56 Å². The summed E-state index contributed by atoms with van der Waals surface area (Å²) in [7, 11) is -3.38. The first-order chi connectivity index (χ1) is 13.8. The molecule has 3 atom stereocenters. The van der Waals surface area contributed by atoms with Crippen LogP contribution in [0.4, 0.5) is 0 Å². The summed E-state index contributed by atoms with van der Waals surface area (Å²) in [4.78, 5) is 14.8.